The van der Waals surface area contributed by atoms with E-state index in [4.69, 9.17) is 5.73 Å². The van der Waals surface area contributed by atoms with Crippen LogP contribution in [0.2, 0.25) is 0 Å². The average molecular weight is 198 g/mol. The van der Waals surface area contributed by atoms with Crippen LogP contribution in [0.4, 0.5) is 0 Å². The Morgan fingerprint density at radius 1 is 1.57 bits per heavy atom. The number of hydrogen-bond acceptors (Lipinski definition) is 2. The number of carbonyl (C=O) groups excluding carboxylic acids is 1. The molecule has 1 aliphatic rings. The number of hydrogen-bond donors (Lipinski definition) is 2. The van der Waals surface area contributed by atoms with Crippen LogP contribution in [0, 0.1) is 5.92 Å². The van der Waals surface area contributed by atoms with E-state index < -0.39 is 5.54 Å². The van der Waals surface area contributed by atoms with Gasteiger partial charge in [0.15, 0.2) is 0 Å². The molecule has 3 N–H and O–H groups in total. The minimum atomic E-state index is -0.695. The van der Waals surface area contributed by atoms with Gasteiger partial charge >= 0.3 is 0 Å². The molecule has 1 saturated carbocycles. The molecule has 1 fully saturated rings. The zero-order chi connectivity index (χ0) is 10.6. The van der Waals surface area contributed by atoms with Gasteiger partial charge in [-0.05, 0) is 32.1 Å². The van der Waals surface area contributed by atoms with E-state index in [2.05, 4.69) is 5.32 Å². The van der Waals surface area contributed by atoms with Crippen LogP contribution in [0.25, 0.3) is 0 Å². The number of carbonyl (C=O) groups is 1. The van der Waals surface area contributed by atoms with Gasteiger partial charge in [-0.25, -0.2) is 0 Å². The van der Waals surface area contributed by atoms with Gasteiger partial charge in [-0.2, -0.15) is 0 Å². The lowest BCUT2D eigenvalue weighted by molar-refractivity contribution is -0.125. The predicted molar refractivity (Wildman–Crippen MR) is 57.9 cm³/mol. The largest absolute Gasteiger partial charge is 0.355 e. The monoisotopic (exact) mass is 198 g/mol. The van der Waals surface area contributed by atoms with Gasteiger partial charge in [0.1, 0.15) is 0 Å². The fourth-order valence-corrected chi connectivity index (χ4v) is 1.36. The Morgan fingerprint density at radius 3 is 2.71 bits per heavy atom. The number of nitrogens with one attached hydrogen (secondary N) is 1. The molecule has 0 bridgehead atoms. The zero-order valence-corrected chi connectivity index (χ0v) is 9.31. The first-order chi connectivity index (χ1) is 6.56. The van der Waals surface area contributed by atoms with Gasteiger partial charge in [0.2, 0.25) is 5.91 Å². The van der Waals surface area contributed by atoms with Crippen LogP contribution in [-0.2, 0) is 4.79 Å². The van der Waals surface area contributed by atoms with E-state index in [0.29, 0.717) is 6.42 Å². The molecule has 1 atom stereocenters. The van der Waals surface area contributed by atoms with Crippen LogP contribution in [0.5, 0.6) is 0 Å². The van der Waals surface area contributed by atoms with E-state index >= 15 is 0 Å². The molecule has 0 radical (unpaired) electrons. The Morgan fingerprint density at radius 2 is 2.21 bits per heavy atom. The average Bonchev–Trinajstić information content (AvgIpc) is 2.95. The van der Waals surface area contributed by atoms with E-state index in [1.54, 1.807) is 6.92 Å². The summed E-state index contributed by atoms with van der Waals surface area (Å²) in [6.45, 7) is 4.50. The van der Waals surface area contributed by atoms with Crippen LogP contribution in [-0.4, -0.2) is 18.0 Å². The highest BCUT2D eigenvalue weighted by Crippen LogP contribution is 2.33. The van der Waals surface area contributed by atoms with Gasteiger partial charge < -0.3 is 11.1 Å². The Hall–Kier alpha value is -0.570. The maximum Gasteiger partial charge on any atom is 0.239 e. The predicted octanol–water partition coefficient (Wildman–Crippen LogP) is 1.42. The topological polar surface area (TPSA) is 55.1 Å². The summed E-state index contributed by atoms with van der Waals surface area (Å²) in [6, 6.07) is 0. The second kappa shape index (κ2) is 4.78. The van der Waals surface area contributed by atoms with E-state index in [-0.39, 0.29) is 5.91 Å². The van der Waals surface area contributed by atoms with Crippen molar-refractivity contribution in [1.82, 2.24) is 5.32 Å². The summed E-state index contributed by atoms with van der Waals surface area (Å²) >= 11 is 0. The molecule has 0 aliphatic heterocycles. The molecule has 0 aromatic rings. The molecule has 3 nitrogen and oxygen atoms in total. The van der Waals surface area contributed by atoms with Crippen molar-refractivity contribution in [2.24, 2.45) is 11.7 Å². The van der Waals surface area contributed by atoms with Crippen molar-refractivity contribution in [3.05, 3.63) is 0 Å². The van der Waals surface area contributed by atoms with Crippen molar-refractivity contribution in [1.29, 1.82) is 0 Å². The number of rotatable bonds is 6. The standard InChI is InChI=1S/C11H22N2O/c1-3-11(2,12)10(14)13-8-4-5-9-6-7-9/h9H,3-8,12H2,1-2H3,(H,13,14). The third-order valence-electron chi connectivity index (χ3n) is 3.02. The molecule has 0 aromatic heterocycles. The van der Waals surface area contributed by atoms with Crippen molar-refractivity contribution < 1.29 is 4.79 Å². The fourth-order valence-electron chi connectivity index (χ4n) is 1.36. The molecule has 3 heteroatoms. The first kappa shape index (κ1) is 11.5. The second-order valence-corrected chi connectivity index (χ2v) is 4.61. The Bertz CT molecular complexity index is 197. The normalized spacial score (nSPS) is 20.2. The van der Waals surface area contributed by atoms with Gasteiger partial charge in [-0.15, -0.1) is 0 Å². The molecule has 1 aliphatic carbocycles. The highest BCUT2D eigenvalue weighted by molar-refractivity contribution is 5.85. The summed E-state index contributed by atoms with van der Waals surface area (Å²) in [5.41, 5.74) is 5.11. The summed E-state index contributed by atoms with van der Waals surface area (Å²) in [5, 5.41) is 2.89. The molecule has 82 valence electrons. The highest BCUT2D eigenvalue weighted by atomic mass is 16.2. The van der Waals surface area contributed by atoms with Crippen LogP contribution in [0.3, 0.4) is 0 Å². The zero-order valence-electron chi connectivity index (χ0n) is 9.31. The molecule has 0 saturated heterocycles. The highest BCUT2D eigenvalue weighted by Gasteiger charge is 2.25. The second-order valence-electron chi connectivity index (χ2n) is 4.61. The Kier molecular flexibility index (Phi) is 3.93. The summed E-state index contributed by atoms with van der Waals surface area (Å²) in [7, 11) is 0. The SMILES string of the molecule is CCC(C)(N)C(=O)NCCCC1CC1. The molecular formula is C11H22N2O. The summed E-state index contributed by atoms with van der Waals surface area (Å²) in [4.78, 5) is 11.5. The molecule has 0 heterocycles. The van der Waals surface area contributed by atoms with Crippen LogP contribution < -0.4 is 11.1 Å². The van der Waals surface area contributed by atoms with Gasteiger partial charge in [0.05, 0.1) is 5.54 Å². The molecular weight excluding hydrogens is 176 g/mol. The summed E-state index contributed by atoms with van der Waals surface area (Å²) in [5.74, 6) is 0.929. The Balaban J connectivity index is 2.07. The van der Waals surface area contributed by atoms with Gasteiger partial charge in [-0.3, -0.25) is 4.79 Å². The lowest BCUT2D eigenvalue weighted by Gasteiger charge is -2.21. The lowest BCUT2D eigenvalue weighted by atomic mass is 9.99. The van der Waals surface area contributed by atoms with Crippen molar-refractivity contribution in [3.8, 4) is 0 Å². The third-order valence-corrected chi connectivity index (χ3v) is 3.02. The maximum absolute atomic E-state index is 11.5. The van der Waals surface area contributed by atoms with E-state index in [0.717, 1.165) is 18.9 Å². The van der Waals surface area contributed by atoms with Crippen LogP contribution in [0.15, 0.2) is 0 Å². The smallest absolute Gasteiger partial charge is 0.239 e. The molecule has 1 unspecified atom stereocenters. The first-order valence-corrected chi connectivity index (χ1v) is 5.63. The molecule has 0 spiro atoms. The van der Waals surface area contributed by atoms with E-state index in [1.165, 1.54) is 19.3 Å². The van der Waals surface area contributed by atoms with Crippen LogP contribution >= 0.6 is 0 Å². The van der Waals surface area contributed by atoms with Gasteiger partial charge in [-0.1, -0.05) is 19.8 Å². The van der Waals surface area contributed by atoms with Crippen molar-refractivity contribution >= 4 is 5.91 Å². The third kappa shape index (κ3) is 3.66. The van der Waals surface area contributed by atoms with Crippen molar-refractivity contribution in [2.45, 2.75) is 51.5 Å². The summed E-state index contributed by atoms with van der Waals surface area (Å²) in [6.07, 6.45) is 5.81. The van der Waals surface area contributed by atoms with Gasteiger partial charge in [0, 0.05) is 6.54 Å². The minimum Gasteiger partial charge on any atom is -0.355 e. The van der Waals surface area contributed by atoms with Gasteiger partial charge in [0.25, 0.3) is 0 Å². The fraction of sp³-hybridized carbons (Fsp3) is 0.909. The maximum atomic E-state index is 11.5. The van der Waals surface area contributed by atoms with Crippen LogP contribution in [0.1, 0.15) is 46.0 Å². The molecule has 0 aromatic carbocycles. The van der Waals surface area contributed by atoms with E-state index in [9.17, 15) is 4.79 Å². The molecule has 14 heavy (non-hydrogen) atoms. The van der Waals surface area contributed by atoms with Crippen molar-refractivity contribution in [3.63, 3.8) is 0 Å². The van der Waals surface area contributed by atoms with E-state index in [1.807, 2.05) is 6.92 Å². The Labute approximate surface area is 86.4 Å². The molecule has 1 amide bonds. The lowest BCUT2D eigenvalue weighted by Crippen LogP contribution is -2.51. The summed E-state index contributed by atoms with van der Waals surface area (Å²) < 4.78 is 0. The minimum absolute atomic E-state index is 0.0178. The quantitative estimate of drug-likeness (QED) is 0.634. The number of amides is 1. The number of nitrogens with two attached hydrogens (primary N) is 1. The van der Waals surface area contributed by atoms with Crippen molar-refractivity contribution in [2.75, 3.05) is 6.54 Å². The first-order valence-electron chi connectivity index (χ1n) is 5.63. The molecule has 1 rings (SSSR count).